The van der Waals surface area contributed by atoms with Gasteiger partial charge in [0.1, 0.15) is 6.34 Å². The highest BCUT2D eigenvalue weighted by Gasteiger charge is 2.20. The average Bonchev–Trinajstić information content (AvgIpc) is 2.44. The van der Waals surface area contributed by atoms with Crippen LogP contribution >= 0.6 is 10.5 Å². The lowest BCUT2D eigenvalue weighted by Crippen LogP contribution is -2.22. The van der Waals surface area contributed by atoms with Crippen molar-refractivity contribution in [2.24, 2.45) is 15.7 Å². The van der Waals surface area contributed by atoms with Gasteiger partial charge < -0.3 is 5.73 Å². The quantitative estimate of drug-likeness (QED) is 0.596. The van der Waals surface area contributed by atoms with Crippen molar-refractivity contribution >= 4 is 27.4 Å². The molecule has 1 unspecified atom stereocenters. The lowest BCUT2D eigenvalue weighted by Gasteiger charge is -2.07. The van der Waals surface area contributed by atoms with Gasteiger partial charge >= 0.3 is 0 Å². The summed E-state index contributed by atoms with van der Waals surface area (Å²) in [6.07, 6.45) is 1.60. The summed E-state index contributed by atoms with van der Waals surface area (Å²) >= 11 is 0. The first kappa shape index (κ1) is 7.73. The van der Waals surface area contributed by atoms with Crippen molar-refractivity contribution in [2.45, 2.75) is 6.92 Å². The zero-order chi connectivity index (χ0) is 8.55. The Hall–Kier alpha value is -0.900. The first-order chi connectivity index (χ1) is 5.83. The van der Waals surface area contributed by atoms with Gasteiger partial charge in [-0.15, -0.1) is 0 Å². The second kappa shape index (κ2) is 2.86. The van der Waals surface area contributed by atoms with Crippen LogP contribution in [0.3, 0.4) is 0 Å². The number of aliphatic imine (C=N–C) groups is 2. The van der Waals surface area contributed by atoms with E-state index in [1.165, 1.54) is 4.86 Å². The van der Waals surface area contributed by atoms with Crippen LogP contribution in [-0.4, -0.2) is 29.2 Å². The zero-order valence-electron chi connectivity index (χ0n) is 6.95. The largest absolute Gasteiger partial charge is 0.397 e. The van der Waals surface area contributed by atoms with E-state index >= 15 is 0 Å². The Morgan fingerprint density at radius 1 is 1.67 bits per heavy atom. The molecule has 64 valence electrons. The van der Waals surface area contributed by atoms with Crippen LogP contribution in [-0.2, 0) is 0 Å². The molecule has 0 spiro atoms. The Kier molecular flexibility index (Phi) is 1.84. The molecule has 2 aliphatic heterocycles. The first-order valence-electron chi connectivity index (χ1n) is 3.92. The van der Waals surface area contributed by atoms with Crippen LogP contribution in [0.15, 0.2) is 21.1 Å². The van der Waals surface area contributed by atoms with E-state index in [9.17, 15) is 0 Å². The van der Waals surface area contributed by atoms with Crippen molar-refractivity contribution in [1.29, 1.82) is 0 Å². The van der Waals surface area contributed by atoms with Crippen LogP contribution in [0.2, 0.25) is 0 Å². The van der Waals surface area contributed by atoms with Gasteiger partial charge in [0, 0.05) is 4.86 Å². The number of rotatable bonds is 1. The van der Waals surface area contributed by atoms with E-state index in [4.69, 9.17) is 5.73 Å². The first-order valence-corrected chi connectivity index (χ1v) is 5.38. The Bertz CT molecular complexity index is 336. The highest BCUT2D eigenvalue weighted by atomic mass is 32.2. The van der Waals surface area contributed by atoms with Gasteiger partial charge in [0.15, 0.2) is 0 Å². The van der Waals surface area contributed by atoms with Gasteiger partial charge in [-0.25, -0.2) is 4.99 Å². The Labute approximate surface area is 74.0 Å². The van der Waals surface area contributed by atoms with E-state index < -0.39 is 0 Å². The third kappa shape index (κ3) is 1.03. The maximum absolute atomic E-state index is 5.81. The molecule has 0 fully saturated rings. The number of nitrogens with two attached hydrogens (primary N) is 1. The fourth-order valence-corrected chi connectivity index (χ4v) is 3.08. The topological polar surface area (TPSA) is 50.7 Å². The van der Waals surface area contributed by atoms with E-state index in [-0.39, 0.29) is 10.5 Å². The molecule has 2 heterocycles. The molecule has 1 atom stereocenters. The standard InChI is InChI=1S/C8H11N3S/c1-2-12-4-6(9)8-7(12)3-10-5-11-8/h4-5H,2-3,9H2,1H3. The Morgan fingerprint density at radius 3 is 3.25 bits per heavy atom. The molecular weight excluding hydrogens is 170 g/mol. The summed E-state index contributed by atoms with van der Waals surface area (Å²) in [5, 5.41) is 2.11. The van der Waals surface area contributed by atoms with E-state index in [0.29, 0.717) is 0 Å². The predicted molar refractivity (Wildman–Crippen MR) is 56.2 cm³/mol. The van der Waals surface area contributed by atoms with Gasteiger partial charge in [-0.2, -0.15) is 10.5 Å². The summed E-state index contributed by atoms with van der Waals surface area (Å²) in [6, 6.07) is 0. The van der Waals surface area contributed by atoms with Crippen molar-refractivity contribution < 1.29 is 0 Å². The number of nitrogens with zero attached hydrogens (tertiary/aromatic N) is 2. The average molecular weight is 181 g/mol. The minimum absolute atomic E-state index is 0.204. The van der Waals surface area contributed by atoms with Gasteiger partial charge in [0.05, 0.1) is 18.0 Å². The molecule has 0 saturated carbocycles. The second-order valence-corrected chi connectivity index (χ2v) is 4.81. The normalized spacial score (nSPS) is 26.8. The molecule has 12 heavy (non-hydrogen) atoms. The van der Waals surface area contributed by atoms with E-state index in [1.807, 2.05) is 0 Å². The maximum Gasteiger partial charge on any atom is 0.111 e. The predicted octanol–water partition coefficient (Wildman–Crippen LogP) is 0.744. The fourth-order valence-electron chi connectivity index (χ4n) is 1.35. The summed E-state index contributed by atoms with van der Waals surface area (Å²) in [7, 11) is 0.204. The van der Waals surface area contributed by atoms with Gasteiger partial charge in [0.2, 0.25) is 0 Å². The van der Waals surface area contributed by atoms with Gasteiger partial charge in [0.25, 0.3) is 0 Å². The van der Waals surface area contributed by atoms with Gasteiger partial charge in [-0.3, -0.25) is 4.99 Å². The van der Waals surface area contributed by atoms with Crippen molar-refractivity contribution in [2.75, 3.05) is 12.3 Å². The smallest absolute Gasteiger partial charge is 0.111 e. The molecule has 2 aliphatic rings. The summed E-state index contributed by atoms with van der Waals surface area (Å²) < 4.78 is 0. The van der Waals surface area contributed by atoms with Crippen LogP contribution in [0.5, 0.6) is 0 Å². The molecule has 0 aromatic carbocycles. The molecule has 0 aromatic heterocycles. The highest BCUT2D eigenvalue weighted by Crippen LogP contribution is 2.27. The van der Waals surface area contributed by atoms with Crippen LogP contribution in [0, 0.1) is 0 Å². The third-order valence-electron chi connectivity index (χ3n) is 1.94. The summed E-state index contributed by atoms with van der Waals surface area (Å²) in [6.45, 7) is 2.95. The highest BCUT2D eigenvalue weighted by molar-refractivity contribution is 8.20. The third-order valence-corrected chi connectivity index (χ3v) is 4.05. The van der Waals surface area contributed by atoms with Crippen LogP contribution in [0.25, 0.3) is 0 Å². The molecule has 2 rings (SSSR count). The van der Waals surface area contributed by atoms with E-state index in [1.54, 1.807) is 6.34 Å². The number of fused-ring (bicyclic) bond motifs is 1. The number of hydrogen-bond donors (Lipinski definition) is 1. The SMILES string of the molecule is CCS1=C2CN=CN=C2C(N)=C1. The summed E-state index contributed by atoms with van der Waals surface area (Å²) in [4.78, 5) is 9.61. The van der Waals surface area contributed by atoms with Gasteiger partial charge in [-0.05, 0) is 11.2 Å². The molecule has 0 amide bonds. The molecular formula is C8H11N3S. The van der Waals surface area contributed by atoms with Crippen LogP contribution < -0.4 is 5.73 Å². The Morgan fingerprint density at radius 2 is 2.50 bits per heavy atom. The lowest BCUT2D eigenvalue weighted by atomic mass is 10.2. The minimum Gasteiger partial charge on any atom is -0.397 e. The minimum atomic E-state index is 0.204. The fraction of sp³-hybridized carbons (Fsp3) is 0.375. The molecule has 2 N–H and O–H groups in total. The van der Waals surface area contributed by atoms with Gasteiger partial charge in [-0.1, -0.05) is 6.92 Å². The molecule has 0 radical (unpaired) electrons. The van der Waals surface area contributed by atoms with Crippen LogP contribution in [0.1, 0.15) is 6.92 Å². The van der Waals surface area contributed by atoms with Crippen LogP contribution in [0.4, 0.5) is 0 Å². The monoisotopic (exact) mass is 181 g/mol. The van der Waals surface area contributed by atoms with E-state index in [0.717, 1.165) is 23.7 Å². The second-order valence-electron chi connectivity index (χ2n) is 2.65. The lowest BCUT2D eigenvalue weighted by molar-refractivity contribution is 1.31. The van der Waals surface area contributed by atoms with Crippen molar-refractivity contribution in [3.05, 3.63) is 11.1 Å². The van der Waals surface area contributed by atoms with Crippen molar-refractivity contribution in [1.82, 2.24) is 0 Å². The van der Waals surface area contributed by atoms with Crippen molar-refractivity contribution in [3.8, 4) is 0 Å². The molecule has 0 saturated heterocycles. The molecule has 0 aromatic rings. The summed E-state index contributed by atoms with van der Waals surface area (Å²) in [5.74, 6) is 1.12. The molecule has 3 nitrogen and oxygen atoms in total. The maximum atomic E-state index is 5.81. The van der Waals surface area contributed by atoms with Crippen molar-refractivity contribution in [3.63, 3.8) is 0 Å². The molecule has 0 aliphatic carbocycles. The summed E-state index contributed by atoms with van der Waals surface area (Å²) in [5.41, 5.74) is 7.63. The Balaban J connectivity index is 2.47. The van der Waals surface area contributed by atoms with E-state index in [2.05, 4.69) is 22.3 Å². The number of hydrogen-bond acceptors (Lipinski definition) is 3. The molecule has 4 heteroatoms. The molecule has 0 bridgehead atoms. The number of allylic oxidation sites excluding steroid dienone is 1. The zero-order valence-corrected chi connectivity index (χ0v) is 7.77.